The molecule has 21 heavy (non-hydrogen) atoms. The van der Waals surface area contributed by atoms with Crippen molar-refractivity contribution in [3.63, 3.8) is 0 Å². The standard InChI is InChI=1S/C15H10FNO2S2/c16-12-6-2-1-4-10(12)9-17-14(18)13(21-15(17)19)8-11-5-3-7-20-11/h1-8H,9H2/b13-8-. The highest BCUT2D eigenvalue weighted by atomic mass is 32.2. The van der Waals surface area contributed by atoms with Crippen molar-refractivity contribution in [2.75, 3.05) is 0 Å². The highest BCUT2D eigenvalue weighted by molar-refractivity contribution is 8.18. The van der Waals surface area contributed by atoms with Crippen LogP contribution in [-0.4, -0.2) is 16.0 Å². The second kappa shape index (κ2) is 5.83. The minimum atomic E-state index is -0.418. The van der Waals surface area contributed by atoms with Crippen LogP contribution in [0.5, 0.6) is 0 Å². The summed E-state index contributed by atoms with van der Waals surface area (Å²) in [6, 6.07) is 9.88. The summed E-state index contributed by atoms with van der Waals surface area (Å²) in [5.41, 5.74) is 0.331. The Morgan fingerprint density at radius 2 is 1.95 bits per heavy atom. The lowest BCUT2D eigenvalue weighted by Gasteiger charge is -2.12. The zero-order valence-electron chi connectivity index (χ0n) is 10.8. The van der Waals surface area contributed by atoms with Gasteiger partial charge in [-0.1, -0.05) is 24.3 Å². The molecule has 2 aromatic rings. The molecular formula is C15H10FNO2S2. The number of halogens is 1. The molecular weight excluding hydrogens is 309 g/mol. The molecule has 0 unspecified atom stereocenters. The van der Waals surface area contributed by atoms with Gasteiger partial charge in [0.1, 0.15) is 5.82 Å². The Bertz CT molecular complexity index is 725. The van der Waals surface area contributed by atoms with E-state index in [1.165, 1.54) is 17.4 Å². The van der Waals surface area contributed by atoms with Crippen LogP contribution in [0.15, 0.2) is 46.7 Å². The Morgan fingerprint density at radius 1 is 1.14 bits per heavy atom. The van der Waals surface area contributed by atoms with Crippen molar-refractivity contribution >= 4 is 40.3 Å². The molecule has 0 radical (unpaired) electrons. The van der Waals surface area contributed by atoms with Gasteiger partial charge in [-0.25, -0.2) is 4.39 Å². The molecule has 2 amide bonds. The zero-order chi connectivity index (χ0) is 14.8. The maximum absolute atomic E-state index is 13.6. The molecule has 6 heteroatoms. The Labute approximate surface area is 129 Å². The number of hydrogen-bond acceptors (Lipinski definition) is 4. The summed E-state index contributed by atoms with van der Waals surface area (Å²) in [5, 5.41) is 1.53. The SMILES string of the molecule is O=C1S/C(=C\c2cccs2)C(=O)N1Cc1ccccc1F. The molecule has 3 rings (SSSR count). The van der Waals surface area contributed by atoms with Crippen LogP contribution in [0.3, 0.4) is 0 Å². The molecule has 106 valence electrons. The molecule has 1 saturated heterocycles. The lowest BCUT2D eigenvalue weighted by atomic mass is 10.2. The van der Waals surface area contributed by atoms with Crippen molar-refractivity contribution in [3.05, 3.63) is 62.9 Å². The summed E-state index contributed by atoms with van der Waals surface area (Å²) in [6.45, 7) is -0.0425. The van der Waals surface area contributed by atoms with Gasteiger partial charge in [0, 0.05) is 10.4 Å². The van der Waals surface area contributed by atoms with Gasteiger partial charge in [-0.3, -0.25) is 14.5 Å². The van der Waals surface area contributed by atoms with Crippen LogP contribution in [-0.2, 0) is 11.3 Å². The summed E-state index contributed by atoms with van der Waals surface area (Å²) in [7, 11) is 0. The first-order valence-corrected chi connectivity index (χ1v) is 7.87. The van der Waals surface area contributed by atoms with Gasteiger partial charge in [0.05, 0.1) is 11.4 Å². The van der Waals surface area contributed by atoms with E-state index >= 15 is 0 Å². The summed E-state index contributed by atoms with van der Waals surface area (Å²) in [6.07, 6.45) is 1.69. The first-order valence-electron chi connectivity index (χ1n) is 6.17. The van der Waals surface area contributed by atoms with Crippen LogP contribution in [0.4, 0.5) is 9.18 Å². The van der Waals surface area contributed by atoms with Gasteiger partial charge >= 0.3 is 0 Å². The molecule has 1 aliphatic heterocycles. The average molecular weight is 319 g/mol. The topological polar surface area (TPSA) is 37.4 Å². The molecule has 3 nitrogen and oxygen atoms in total. The molecule has 0 N–H and O–H groups in total. The third-order valence-electron chi connectivity index (χ3n) is 2.98. The second-order valence-electron chi connectivity index (χ2n) is 4.37. The van der Waals surface area contributed by atoms with E-state index in [1.54, 1.807) is 24.3 Å². The van der Waals surface area contributed by atoms with Gasteiger partial charge in [-0.15, -0.1) is 11.3 Å². The van der Waals surface area contributed by atoms with E-state index in [0.29, 0.717) is 10.5 Å². The first-order chi connectivity index (χ1) is 10.1. The molecule has 1 aromatic heterocycles. The van der Waals surface area contributed by atoms with Crippen LogP contribution < -0.4 is 0 Å². The number of nitrogens with zero attached hydrogens (tertiary/aromatic N) is 1. The van der Waals surface area contributed by atoms with Gasteiger partial charge in [-0.05, 0) is 35.4 Å². The molecule has 0 saturated carbocycles. The predicted molar refractivity (Wildman–Crippen MR) is 82.2 cm³/mol. The third kappa shape index (κ3) is 2.91. The number of thioether (sulfide) groups is 1. The van der Waals surface area contributed by atoms with Crippen molar-refractivity contribution in [3.8, 4) is 0 Å². The smallest absolute Gasteiger partial charge is 0.268 e. The van der Waals surface area contributed by atoms with Crippen LogP contribution in [0, 0.1) is 5.82 Å². The summed E-state index contributed by atoms with van der Waals surface area (Å²) in [4.78, 5) is 26.6. The van der Waals surface area contributed by atoms with E-state index in [1.807, 2.05) is 17.5 Å². The Kier molecular flexibility index (Phi) is 3.90. The fraction of sp³-hybridized carbons (Fsp3) is 0.0667. The van der Waals surface area contributed by atoms with Gasteiger partial charge in [0.2, 0.25) is 0 Å². The number of benzene rings is 1. The maximum atomic E-state index is 13.6. The normalized spacial score (nSPS) is 17.0. The molecule has 0 bridgehead atoms. The molecule has 0 aliphatic carbocycles. The average Bonchev–Trinajstić information content (AvgIpc) is 3.05. The van der Waals surface area contributed by atoms with Crippen molar-refractivity contribution in [1.82, 2.24) is 4.90 Å². The summed E-state index contributed by atoms with van der Waals surface area (Å²) in [5.74, 6) is -0.791. The van der Waals surface area contributed by atoms with Crippen LogP contribution >= 0.6 is 23.1 Å². The monoisotopic (exact) mass is 319 g/mol. The highest BCUT2D eigenvalue weighted by Crippen LogP contribution is 2.34. The molecule has 1 aliphatic rings. The van der Waals surface area contributed by atoms with E-state index in [4.69, 9.17) is 0 Å². The number of imide groups is 1. The lowest BCUT2D eigenvalue weighted by molar-refractivity contribution is -0.123. The van der Waals surface area contributed by atoms with Gasteiger partial charge in [-0.2, -0.15) is 0 Å². The fourth-order valence-corrected chi connectivity index (χ4v) is 3.50. The zero-order valence-corrected chi connectivity index (χ0v) is 12.4. The van der Waals surface area contributed by atoms with Crippen molar-refractivity contribution in [1.29, 1.82) is 0 Å². The van der Waals surface area contributed by atoms with Crippen molar-refractivity contribution in [2.45, 2.75) is 6.54 Å². The largest absolute Gasteiger partial charge is 0.293 e. The number of amides is 2. The number of hydrogen-bond donors (Lipinski definition) is 0. The number of carbonyl (C=O) groups is 2. The Hall–Kier alpha value is -1.92. The van der Waals surface area contributed by atoms with Crippen LogP contribution in [0.1, 0.15) is 10.4 Å². The van der Waals surface area contributed by atoms with Gasteiger partial charge < -0.3 is 0 Å². The Balaban J connectivity index is 1.83. The fourth-order valence-electron chi connectivity index (χ4n) is 1.94. The molecule has 1 fully saturated rings. The van der Waals surface area contributed by atoms with E-state index in [0.717, 1.165) is 21.5 Å². The van der Waals surface area contributed by atoms with Gasteiger partial charge in [0.15, 0.2) is 0 Å². The lowest BCUT2D eigenvalue weighted by Crippen LogP contribution is -2.27. The second-order valence-corrected chi connectivity index (χ2v) is 6.35. The van der Waals surface area contributed by atoms with E-state index in [-0.39, 0.29) is 17.7 Å². The molecule has 0 atom stereocenters. The van der Waals surface area contributed by atoms with E-state index in [2.05, 4.69) is 0 Å². The van der Waals surface area contributed by atoms with Crippen LogP contribution in [0.2, 0.25) is 0 Å². The molecule has 2 heterocycles. The first kappa shape index (κ1) is 14.0. The molecule has 0 spiro atoms. The number of rotatable bonds is 3. The molecule has 1 aromatic carbocycles. The van der Waals surface area contributed by atoms with Gasteiger partial charge in [0.25, 0.3) is 11.1 Å². The Morgan fingerprint density at radius 3 is 2.67 bits per heavy atom. The van der Waals surface area contributed by atoms with E-state index in [9.17, 15) is 14.0 Å². The third-order valence-corrected chi connectivity index (χ3v) is 4.70. The minimum absolute atomic E-state index is 0.0425. The van der Waals surface area contributed by atoms with Crippen molar-refractivity contribution in [2.24, 2.45) is 0 Å². The summed E-state index contributed by atoms with van der Waals surface area (Å²) < 4.78 is 13.6. The maximum Gasteiger partial charge on any atom is 0.293 e. The quantitative estimate of drug-likeness (QED) is 0.799. The number of thiophene rings is 1. The predicted octanol–water partition coefficient (Wildman–Crippen LogP) is 4.12. The van der Waals surface area contributed by atoms with E-state index < -0.39 is 5.82 Å². The minimum Gasteiger partial charge on any atom is -0.268 e. The van der Waals surface area contributed by atoms with Crippen LogP contribution in [0.25, 0.3) is 6.08 Å². The summed E-state index contributed by atoms with van der Waals surface area (Å²) >= 11 is 2.38. The highest BCUT2D eigenvalue weighted by Gasteiger charge is 2.35. The van der Waals surface area contributed by atoms with Crippen molar-refractivity contribution < 1.29 is 14.0 Å². The number of carbonyl (C=O) groups excluding carboxylic acids is 2.